The second-order valence-electron chi connectivity index (χ2n) is 8.14. The summed E-state index contributed by atoms with van der Waals surface area (Å²) >= 11 is 1.83. The molecule has 2 aromatic carbocycles. The summed E-state index contributed by atoms with van der Waals surface area (Å²) in [6.45, 7) is 1.96. The van der Waals surface area contributed by atoms with Gasteiger partial charge in [-0.25, -0.2) is 0 Å². The molecule has 0 N–H and O–H groups in total. The first-order valence-corrected chi connectivity index (χ1v) is 11.3. The average molecular weight is 420 g/mol. The summed E-state index contributed by atoms with van der Waals surface area (Å²) in [6, 6.07) is 21.3. The van der Waals surface area contributed by atoms with Gasteiger partial charge in [0.25, 0.3) is 0 Å². The molecule has 1 atom stereocenters. The number of fused-ring (bicyclic) bond motifs is 1. The van der Waals surface area contributed by atoms with E-state index < -0.39 is 0 Å². The van der Waals surface area contributed by atoms with Crippen molar-refractivity contribution in [3.8, 4) is 0 Å². The predicted molar refractivity (Wildman–Crippen MR) is 125 cm³/mol. The zero-order valence-corrected chi connectivity index (χ0v) is 18.7. The molecule has 1 amide bonds. The summed E-state index contributed by atoms with van der Waals surface area (Å²) in [7, 11) is 5.97. The van der Waals surface area contributed by atoms with Crippen LogP contribution in [0.4, 0.5) is 5.69 Å². The Morgan fingerprint density at radius 1 is 1.03 bits per heavy atom. The van der Waals surface area contributed by atoms with Crippen LogP contribution in [0.15, 0.2) is 66.0 Å². The van der Waals surface area contributed by atoms with Gasteiger partial charge >= 0.3 is 0 Å². The molecule has 1 aliphatic rings. The Bertz CT molecular complexity index is 981. The van der Waals surface area contributed by atoms with Crippen LogP contribution in [0.2, 0.25) is 0 Å². The van der Waals surface area contributed by atoms with E-state index in [0.717, 1.165) is 18.5 Å². The Labute approximate surface area is 183 Å². The van der Waals surface area contributed by atoms with Crippen molar-refractivity contribution in [2.24, 2.45) is 0 Å². The molecule has 4 rings (SSSR count). The molecule has 0 fully saturated rings. The van der Waals surface area contributed by atoms with E-state index in [1.54, 1.807) is 0 Å². The Morgan fingerprint density at radius 3 is 2.47 bits per heavy atom. The quantitative estimate of drug-likeness (QED) is 0.592. The number of carbonyl (C=O) groups excluding carboxylic acids is 1. The van der Waals surface area contributed by atoms with Crippen molar-refractivity contribution in [3.05, 3.63) is 87.6 Å². The molecule has 5 heteroatoms. The van der Waals surface area contributed by atoms with E-state index in [1.807, 2.05) is 43.4 Å². The number of thiophene rings is 1. The Kier molecular flexibility index (Phi) is 6.21. The van der Waals surface area contributed by atoms with E-state index in [9.17, 15) is 4.79 Å². The van der Waals surface area contributed by atoms with Crippen LogP contribution in [0, 0.1) is 0 Å². The molecule has 0 bridgehead atoms. The highest BCUT2D eigenvalue weighted by Crippen LogP contribution is 2.37. The van der Waals surface area contributed by atoms with E-state index in [0.29, 0.717) is 13.1 Å². The van der Waals surface area contributed by atoms with Crippen LogP contribution >= 0.6 is 11.3 Å². The largest absolute Gasteiger partial charge is 0.378 e. The molecule has 1 aromatic heterocycles. The van der Waals surface area contributed by atoms with Gasteiger partial charge in [0.15, 0.2) is 0 Å². The van der Waals surface area contributed by atoms with Crippen LogP contribution in [0.25, 0.3) is 0 Å². The van der Waals surface area contributed by atoms with Gasteiger partial charge in [-0.15, -0.1) is 11.3 Å². The minimum atomic E-state index is 0.151. The topological polar surface area (TPSA) is 26.8 Å². The molecule has 0 saturated heterocycles. The maximum absolute atomic E-state index is 13.1. The molecule has 156 valence electrons. The fourth-order valence-electron chi connectivity index (χ4n) is 4.12. The molecule has 0 spiro atoms. The highest BCUT2D eigenvalue weighted by molar-refractivity contribution is 7.10. The molecule has 0 radical (unpaired) electrons. The first-order valence-electron chi connectivity index (χ1n) is 10.4. The highest BCUT2D eigenvalue weighted by Gasteiger charge is 2.31. The third-order valence-electron chi connectivity index (χ3n) is 5.82. The third kappa shape index (κ3) is 4.42. The van der Waals surface area contributed by atoms with Crippen LogP contribution in [0.3, 0.4) is 0 Å². The molecule has 1 aliphatic heterocycles. The first kappa shape index (κ1) is 20.6. The minimum absolute atomic E-state index is 0.151. The van der Waals surface area contributed by atoms with Crippen molar-refractivity contribution in [2.75, 3.05) is 39.1 Å². The lowest BCUT2D eigenvalue weighted by Gasteiger charge is -2.36. The normalized spacial score (nSPS) is 16.2. The smallest absolute Gasteiger partial charge is 0.236 e. The third-order valence-corrected chi connectivity index (χ3v) is 6.81. The van der Waals surface area contributed by atoms with E-state index >= 15 is 0 Å². The summed E-state index contributed by atoms with van der Waals surface area (Å²) in [5, 5.41) is 2.18. The molecular weight excluding hydrogens is 390 g/mol. The number of rotatable bonds is 6. The van der Waals surface area contributed by atoms with Crippen molar-refractivity contribution < 1.29 is 4.79 Å². The van der Waals surface area contributed by atoms with E-state index in [4.69, 9.17) is 0 Å². The fraction of sp³-hybridized carbons (Fsp3) is 0.320. The second-order valence-corrected chi connectivity index (χ2v) is 9.14. The molecule has 2 heterocycles. The van der Waals surface area contributed by atoms with Gasteiger partial charge in [0, 0.05) is 44.8 Å². The number of likely N-dealkylation sites (N-methyl/N-ethyl adjacent to an activating group) is 1. The number of carbonyl (C=O) groups is 1. The van der Waals surface area contributed by atoms with Crippen LogP contribution in [0.1, 0.15) is 27.6 Å². The lowest BCUT2D eigenvalue weighted by atomic mass is 9.93. The average Bonchev–Trinajstić information content (AvgIpc) is 3.23. The Balaban J connectivity index is 1.47. The molecule has 0 unspecified atom stereocenters. The minimum Gasteiger partial charge on any atom is -0.378 e. The number of amides is 1. The zero-order valence-electron chi connectivity index (χ0n) is 17.9. The van der Waals surface area contributed by atoms with Crippen molar-refractivity contribution in [1.82, 2.24) is 9.80 Å². The SMILES string of the molecule is CN(Cc1ccc(N(C)C)cc1)C(=O)CN1CCc2sccc2[C@H]1c1ccccc1. The summed E-state index contributed by atoms with van der Waals surface area (Å²) < 4.78 is 0. The number of benzene rings is 2. The monoisotopic (exact) mass is 419 g/mol. The summed E-state index contributed by atoms with van der Waals surface area (Å²) in [5.74, 6) is 0.159. The second kappa shape index (κ2) is 9.02. The van der Waals surface area contributed by atoms with Gasteiger partial charge in [-0.3, -0.25) is 9.69 Å². The molecule has 3 aromatic rings. The van der Waals surface area contributed by atoms with Gasteiger partial charge in [-0.1, -0.05) is 42.5 Å². The zero-order chi connectivity index (χ0) is 21.1. The Morgan fingerprint density at radius 2 is 1.77 bits per heavy atom. The summed E-state index contributed by atoms with van der Waals surface area (Å²) in [4.78, 5) is 20.8. The van der Waals surface area contributed by atoms with Crippen molar-refractivity contribution in [2.45, 2.75) is 19.0 Å². The summed E-state index contributed by atoms with van der Waals surface area (Å²) in [6.07, 6.45) is 1.01. The van der Waals surface area contributed by atoms with Crippen LogP contribution in [0.5, 0.6) is 0 Å². The lowest BCUT2D eigenvalue weighted by molar-refractivity contribution is -0.132. The predicted octanol–water partition coefficient (Wildman–Crippen LogP) is 4.42. The van der Waals surface area contributed by atoms with E-state index in [2.05, 4.69) is 69.8 Å². The van der Waals surface area contributed by atoms with Crippen molar-refractivity contribution in [1.29, 1.82) is 0 Å². The van der Waals surface area contributed by atoms with Gasteiger partial charge < -0.3 is 9.80 Å². The van der Waals surface area contributed by atoms with Gasteiger partial charge in [0.1, 0.15) is 0 Å². The maximum Gasteiger partial charge on any atom is 0.236 e. The van der Waals surface area contributed by atoms with Gasteiger partial charge in [0.2, 0.25) is 5.91 Å². The van der Waals surface area contributed by atoms with Gasteiger partial charge in [-0.05, 0) is 46.7 Å². The van der Waals surface area contributed by atoms with Crippen molar-refractivity contribution >= 4 is 22.9 Å². The molecule has 4 nitrogen and oxygen atoms in total. The number of hydrogen-bond donors (Lipinski definition) is 0. The van der Waals surface area contributed by atoms with Crippen LogP contribution < -0.4 is 4.90 Å². The van der Waals surface area contributed by atoms with Gasteiger partial charge in [0.05, 0.1) is 12.6 Å². The molecule has 0 aliphatic carbocycles. The molecule has 30 heavy (non-hydrogen) atoms. The number of hydrogen-bond acceptors (Lipinski definition) is 4. The van der Waals surface area contributed by atoms with Crippen molar-refractivity contribution in [3.63, 3.8) is 0 Å². The highest BCUT2D eigenvalue weighted by atomic mass is 32.1. The van der Waals surface area contributed by atoms with E-state index in [1.165, 1.54) is 21.7 Å². The number of nitrogens with zero attached hydrogens (tertiary/aromatic N) is 3. The Hall–Kier alpha value is -2.63. The lowest BCUT2D eigenvalue weighted by Crippen LogP contribution is -2.43. The number of anilines is 1. The summed E-state index contributed by atoms with van der Waals surface area (Å²) in [5.41, 5.74) is 4.92. The first-order chi connectivity index (χ1) is 14.5. The molecule has 0 saturated carbocycles. The maximum atomic E-state index is 13.1. The fourth-order valence-corrected chi connectivity index (χ4v) is 5.02. The molecular formula is C25H29N3OS. The van der Waals surface area contributed by atoms with E-state index in [-0.39, 0.29) is 11.9 Å². The standard InChI is InChI=1S/C25H29N3OS/c1-26(2)21-11-9-19(10-12-21)17-27(3)24(29)18-28-15-13-23-22(14-16-30-23)25(28)20-7-5-4-6-8-20/h4-12,14,16,25H,13,15,17-18H2,1-3H3/t25-/m1/s1. The van der Waals surface area contributed by atoms with Gasteiger partial charge in [-0.2, -0.15) is 0 Å². The van der Waals surface area contributed by atoms with Crippen LogP contribution in [-0.4, -0.2) is 49.9 Å². The van der Waals surface area contributed by atoms with Crippen LogP contribution in [-0.2, 0) is 17.8 Å².